The number of amides is 1. The van der Waals surface area contributed by atoms with Crippen molar-refractivity contribution < 1.29 is 9.59 Å². The third-order valence-electron chi connectivity index (χ3n) is 8.44. The van der Waals surface area contributed by atoms with Crippen molar-refractivity contribution >= 4 is 35.0 Å². The van der Waals surface area contributed by atoms with E-state index < -0.39 is 0 Å². The number of H-pyrrole nitrogens is 1. The molecule has 1 amide bonds. The standard InChI is InChI=1S/C32H40N6O2/c1-5-37(6-2)16-7-9-29(39)30-21(3)28(35-22(30)4)20-26-25-19-24(10-11-27(25)36-31(26)40)23-12-17-38(18-13-23)32-33-14-8-15-34-32/h8,10-11,14-15,19-20,23,35H,5-7,9,12-13,16-18H2,1-4H3,(H,36,40)/b26-20-. The molecule has 0 atom stereocenters. The Morgan fingerprint density at radius 1 is 1.12 bits per heavy atom. The number of ketones is 1. The maximum absolute atomic E-state index is 13.1. The number of piperidine rings is 1. The molecule has 0 aliphatic carbocycles. The molecule has 2 aliphatic heterocycles. The van der Waals surface area contributed by atoms with Crippen LogP contribution in [0.5, 0.6) is 0 Å². The summed E-state index contributed by atoms with van der Waals surface area (Å²) in [5, 5.41) is 3.02. The molecule has 0 radical (unpaired) electrons. The Balaban J connectivity index is 1.32. The van der Waals surface area contributed by atoms with Gasteiger partial charge in [-0.15, -0.1) is 0 Å². The number of anilines is 2. The van der Waals surface area contributed by atoms with Gasteiger partial charge in [-0.05, 0) is 94.1 Å². The van der Waals surface area contributed by atoms with E-state index in [0.29, 0.717) is 17.9 Å². The molecule has 1 saturated heterocycles. The van der Waals surface area contributed by atoms with Crippen LogP contribution >= 0.6 is 0 Å². The second-order valence-electron chi connectivity index (χ2n) is 10.8. The second kappa shape index (κ2) is 12.2. The Bertz CT molecular complexity index is 1400. The molecule has 2 aromatic heterocycles. The van der Waals surface area contributed by atoms with Gasteiger partial charge in [0.05, 0.1) is 5.57 Å². The number of hydrogen-bond donors (Lipinski definition) is 2. The lowest BCUT2D eigenvalue weighted by atomic mass is 9.87. The summed E-state index contributed by atoms with van der Waals surface area (Å²) in [6, 6.07) is 8.17. The van der Waals surface area contributed by atoms with Crippen molar-refractivity contribution in [1.29, 1.82) is 0 Å². The summed E-state index contributed by atoms with van der Waals surface area (Å²) in [6.07, 6.45) is 8.86. The van der Waals surface area contributed by atoms with Crippen molar-refractivity contribution in [2.45, 2.75) is 59.3 Å². The topological polar surface area (TPSA) is 94.2 Å². The number of aromatic nitrogens is 3. The normalized spacial score (nSPS) is 16.6. The molecular formula is C32H40N6O2. The highest BCUT2D eigenvalue weighted by molar-refractivity contribution is 6.35. The molecule has 1 aromatic carbocycles. The van der Waals surface area contributed by atoms with Gasteiger partial charge in [-0.1, -0.05) is 19.9 Å². The van der Waals surface area contributed by atoms with Gasteiger partial charge in [0.25, 0.3) is 5.91 Å². The van der Waals surface area contributed by atoms with Crippen LogP contribution in [0, 0.1) is 13.8 Å². The van der Waals surface area contributed by atoms with Gasteiger partial charge >= 0.3 is 0 Å². The number of nitrogens with zero attached hydrogens (tertiary/aromatic N) is 4. The Morgan fingerprint density at radius 2 is 1.85 bits per heavy atom. The number of carbonyl (C=O) groups is 2. The lowest BCUT2D eigenvalue weighted by molar-refractivity contribution is -0.110. The molecule has 5 rings (SSSR count). The summed E-state index contributed by atoms with van der Waals surface area (Å²) in [6.45, 7) is 12.9. The summed E-state index contributed by atoms with van der Waals surface area (Å²) in [4.78, 5) is 42.9. The third kappa shape index (κ3) is 5.72. The molecule has 4 heterocycles. The predicted molar refractivity (Wildman–Crippen MR) is 161 cm³/mol. The minimum Gasteiger partial charge on any atom is -0.358 e. The van der Waals surface area contributed by atoms with E-state index in [1.807, 2.05) is 32.1 Å². The second-order valence-corrected chi connectivity index (χ2v) is 10.8. The first-order valence-electron chi connectivity index (χ1n) is 14.5. The van der Waals surface area contributed by atoms with Gasteiger partial charge in [0.15, 0.2) is 5.78 Å². The van der Waals surface area contributed by atoms with Crippen LogP contribution in [0.3, 0.4) is 0 Å². The highest BCUT2D eigenvalue weighted by Gasteiger charge is 2.28. The molecule has 0 bridgehead atoms. The molecular weight excluding hydrogens is 500 g/mol. The summed E-state index contributed by atoms with van der Waals surface area (Å²) in [5.74, 6) is 1.25. The highest BCUT2D eigenvalue weighted by atomic mass is 16.2. The number of carbonyl (C=O) groups excluding carboxylic acids is 2. The van der Waals surface area contributed by atoms with Gasteiger partial charge in [-0.3, -0.25) is 9.59 Å². The molecule has 0 spiro atoms. The average Bonchev–Trinajstić information content (AvgIpc) is 3.44. The minimum atomic E-state index is -0.109. The van der Waals surface area contributed by atoms with Gasteiger partial charge in [-0.25, -0.2) is 9.97 Å². The van der Waals surface area contributed by atoms with Gasteiger partial charge in [0, 0.05) is 60.1 Å². The largest absolute Gasteiger partial charge is 0.358 e. The van der Waals surface area contributed by atoms with Crippen LogP contribution in [-0.4, -0.2) is 64.3 Å². The van der Waals surface area contributed by atoms with E-state index in [4.69, 9.17) is 0 Å². The predicted octanol–water partition coefficient (Wildman–Crippen LogP) is 5.60. The van der Waals surface area contributed by atoms with Gasteiger partial charge < -0.3 is 20.1 Å². The zero-order chi connectivity index (χ0) is 28.2. The molecule has 0 unspecified atom stereocenters. The zero-order valence-corrected chi connectivity index (χ0v) is 24.1. The summed E-state index contributed by atoms with van der Waals surface area (Å²) >= 11 is 0. The molecule has 3 aromatic rings. The maximum atomic E-state index is 13.1. The van der Waals surface area contributed by atoms with Gasteiger partial charge in [0.1, 0.15) is 0 Å². The van der Waals surface area contributed by atoms with Crippen LogP contribution in [0.1, 0.15) is 83.9 Å². The van der Waals surface area contributed by atoms with E-state index in [1.54, 1.807) is 12.4 Å². The monoisotopic (exact) mass is 540 g/mol. The minimum absolute atomic E-state index is 0.109. The molecule has 2 N–H and O–H groups in total. The molecule has 210 valence electrons. The lowest BCUT2D eigenvalue weighted by Gasteiger charge is -2.32. The zero-order valence-electron chi connectivity index (χ0n) is 24.1. The molecule has 0 saturated carbocycles. The highest BCUT2D eigenvalue weighted by Crippen LogP contribution is 2.38. The van der Waals surface area contributed by atoms with Crippen molar-refractivity contribution in [3.05, 3.63) is 70.3 Å². The van der Waals surface area contributed by atoms with E-state index in [-0.39, 0.29) is 11.7 Å². The number of rotatable bonds is 10. The first-order chi connectivity index (χ1) is 19.4. The molecule has 40 heavy (non-hydrogen) atoms. The van der Waals surface area contributed by atoms with Crippen LogP contribution in [0.15, 0.2) is 36.7 Å². The van der Waals surface area contributed by atoms with Crippen molar-refractivity contribution in [2.75, 3.05) is 42.9 Å². The van der Waals surface area contributed by atoms with E-state index in [2.05, 4.69) is 56.0 Å². The van der Waals surface area contributed by atoms with Crippen molar-refractivity contribution in [3.8, 4) is 0 Å². The van der Waals surface area contributed by atoms with Crippen LogP contribution in [0.25, 0.3) is 11.6 Å². The number of aryl methyl sites for hydroxylation is 1. The molecule has 1 fully saturated rings. The number of fused-ring (bicyclic) bond motifs is 1. The van der Waals surface area contributed by atoms with Crippen LogP contribution in [0.4, 0.5) is 11.6 Å². The Morgan fingerprint density at radius 3 is 2.55 bits per heavy atom. The van der Waals surface area contributed by atoms with Crippen molar-refractivity contribution in [2.24, 2.45) is 0 Å². The molecule has 8 heteroatoms. The fourth-order valence-electron chi connectivity index (χ4n) is 6.08. The van der Waals surface area contributed by atoms with Crippen LogP contribution in [0.2, 0.25) is 0 Å². The Labute approximate surface area is 236 Å². The number of aromatic amines is 1. The summed E-state index contributed by atoms with van der Waals surface area (Å²) in [7, 11) is 0. The third-order valence-corrected chi connectivity index (χ3v) is 8.44. The van der Waals surface area contributed by atoms with Crippen molar-refractivity contribution in [3.63, 3.8) is 0 Å². The van der Waals surface area contributed by atoms with Gasteiger partial charge in [-0.2, -0.15) is 0 Å². The first-order valence-corrected chi connectivity index (χ1v) is 14.5. The van der Waals surface area contributed by atoms with Crippen molar-refractivity contribution in [1.82, 2.24) is 19.9 Å². The quantitative estimate of drug-likeness (QED) is 0.257. The molecule has 2 aliphatic rings. The fraction of sp³-hybridized carbons (Fsp3) is 0.438. The van der Waals surface area contributed by atoms with E-state index in [0.717, 1.165) is 91.7 Å². The average molecular weight is 541 g/mol. The Hall–Kier alpha value is -3.78. The number of Topliss-reactive ketones (excluding diaryl/α,β-unsaturated/α-hetero) is 1. The lowest BCUT2D eigenvalue weighted by Crippen LogP contribution is -2.34. The number of benzene rings is 1. The number of nitrogens with one attached hydrogen (secondary N) is 2. The maximum Gasteiger partial charge on any atom is 0.256 e. The number of hydrogen-bond acceptors (Lipinski definition) is 6. The SMILES string of the molecule is CCN(CC)CCCC(=O)c1c(C)[nH]c(/C=C2\C(=O)Nc3ccc(C4CCN(c5ncccn5)CC4)cc32)c1C. The van der Waals surface area contributed by atoms with Crippen LogP contribution in [-0.2, 0) is 4.79 Å². The van der Waals surface area contributed by atoms with Crippen LogP contribution < -0.4 is 10.2 Å². The van der Waals surface area contributed by atoms with E-state index >= 15 is 0 Å². The summed E-state index contributed by atoms with van der Waals surface area (Å²) < 4.78 is 0. The van der Waals surface area contributed by atoms with E-state index in [9.17, 15) is 9.59 Å². The van der Waals surface area contributed by atoms with Gasteiger partial charge in [0.2, 0.25) is 5.95 Å². The first kappa shape index (κ1) is 27.8. The molecule has 8 nitrogen and oxygen atoms in total. The Kier molecular flexibility index (Phi) is 8.45. The fourth-order valence-corrected chi connectivity index (χ4v) is 6.08. The smallest absolute Gasteiger partial charge is 0.256 e. The van der Waals surface area contributed by atoms with E-state index in [1.165, 1.54) is 5.56 Å². The summed E-state index contributed by atoms with van der Waals surface area (Å²) in [5.41, 5.74) is 7.00.